The van der Waals surface area contributed by atoms with Gasteiger partial charge < -0.3 is 28.4 Å². The van der Waals surface area contributed by atoms with Crippen molar-refractivity contribution < 1.29 is 28.4 Å². The van der Waals surface area contributed by atoms with E-state index in [1.165, 1.54) is 0 Å². The third-order valence-electron chi connectivity index (χ3n) is 3.23. The Labute approximate surface area is 147 Å². The van der Waals surface area contributed by atoms with Gasteiger partial charge in [0.05, 0.1) is 37.6 Å². The van der Waals surface area contributed by atoms with Crippen molar-refractivity contribution in [2.24, 2.45) is 0 Å². The Balaban J connectivity index is 2.79. The number of rotatable bonds is 10. The van der Waals surface area contributed by atoms with Gasteiger partial charge in [0.1, 0.15) is 12.2 Å². The quantitative estimate of drug-likeness (QED) is 0.605. The first kappa shape index (κ1) is 21.8. The maximum atomic E-state index is 6.13. The standard InChI is InChI=1S/C18H36O6/c1-11(2)19-9-15-17(21-13(5)6)24-16(10-20-12(3)4)18(23-15)22-14(7)8/h11-18H,9-10H2,1-8H3. The Morgan fingerprint density at radius 3 is 1.17 bits per heavy atom. The van der Waals surface area contributed by atoms with Crippen LogP contribution >= 0.6 is 0 Å². The van der Waals surface area contributed by atoms with Crippen molar-refractivity contribution in [3.63, 3.8) is 0 Å². The van der Waals surface area contributed by atoms with E-state index >= 15 is 0 Å². The Morgan fingerprint density at radius 1 is 0.583 bits per heavy atom. The fourth-order valence-electron chi connectivity index (χ4n) is 2.23. The molecule has 4 atom stereocenters. The van der Waals surface area contributed by atoms with Crippen molar-refractivity contribution in [1.82, 2.24) is 0 Å². The minimum Gasteiger partial charge on any atom is -0.376 e. The Morgan fingerprint density at radius 2 is 0.917 bits per heavy atom. The summed E-state index contributed by atoms with van der Waals surface area (Å²) in [6, 6.07) is 0. The molecule has 0 N–H and O–H groups in total. The predicted octanol–water partition coefficient (Wildman–Crippen LogP) is 3.12. The van der Waals surface area contributed by atoms with Gasteiger partial charge in [0, 0.05) is 0 Å². The normalized spacial score (nSPS) is 28.5. The number of hydrogen-bond acceptors (Lipinski definition) is 6. The Kier molecular flexibility index (Phi) is 9.71. The number of hydrogen-bond donors (Lipinski definition) is 0. The van der Waals surface area contributed by atoms with E-state index in [2.05, 4.69) is 0 Å². The lowest BCUT2D eigenvalue weighted by Gasteiger charge is -2.42. The van der Waals surface area contributed by atoms with Crippen molar-refractivity contribution >= 4 is 0 Å². The molecule has 0 aromatic carbocycles. The van der Waals surface area contributed by atoms with Crippen LogP contribution in [0.2, 0.25) is 0 Å². The highest BCUT2D eigenvalue weighted by molar-refractivity contribution is 4.77. The van der Waals surface area contributed by atoms with Gasteiger partial charge in [-0.2, -0.15) is 0 Å². The van der Waals surface area contributed by atoms with Crippen molar-refractivity contribution in [2.75, 3.05) is 13.2 Å². The zero-order valence-electron chi connectivity index (χ0n) is 16.5. The fourth-order valence-corrected chi connectivity index (χ4v) is 2.23. The second-order valence-electron chi connectivity index (χ2n) is 7.22. The highest BCUT2D eigenvalue weighted by Gasteiger charge is 2.41. The first-order chi connectivity index (χ1) is 11.2. The molecule has 144 valence electrons. The van der Waals surface area contributed by atoms with Gasteiger partial charge in [-0.3, -0.25) is 0 Å². The lowest BCUT2D eigenvalue weighted by Crippen LogP contribution is -2.55. The monoisotopic (exact) mass is 348 g/mol. The summed E-state index contributed by atoms with van der Waals surface area (Å²) in [5, 5.41) is 0. The largest absolute Gasteiger partial charge is 0.376 e. The second kappa shape index (κ2) is 10.7. The van der Waals surface area contributed by atoms with Gasteiger partial charge in [-0.1, -0.05) is 0 Å². The van der Waals surface area contributed by atoms with Gasteiger partial charge in [0.25, 0.3) is 0 Å². The molecule has 24 heavy (non-hydrogen) atoms. The van der Waals surface area contributed by atoms with E-state index in [1.807, 2.05) is 55.4 Å². The summed E-state index contributed by atoms with van der Waals surface area (Å²) in [5.74, 6) is 0. The van der Waals surface area contributed by atoms with Crippen LogP contribution in [0.3, 0.4) is 0 Å². The molecule has 0 aliphatic carbocycles. The summed E-state index contributed by atoms with van der Waals surface area (Å²) in [7, 11) is 0. The molecule has 1 aliphatic heterocycles. The van der Waals surface area contributed by atoms with Gasteiger partial charge in [-0.05, 0) is 55.4 Å². The summed E-state index contributed by atoms with van der Waals surface area (Å²) >= 11 is 0. The van der Waals surface area contributed by atoms with E-state index in [1.54, 1.807) is 0 Å². The zero-order chi connectivity index (χ0) is 18.3. The van der Waals surface area contributed by atoms with Crippen LogP contribution < -0.4 is 0 Å². The molecule has 0 saturated carbocycles. The van der Waals surface area contributed by atoms with Crippen LogP contribution in [0.15, 0.2) is 0 Å². The molecule has 0 aromatic heterocycles. The summed E-state index contributed by atoms with van der Waals surface area (Å²) in [4.78, 5) is 0. The van der Waals surface area contributed by atoms with E-state index in [4.69, 9.17) is 28.4 Å². The van der Waals surface area contributed by atoms with E-state index < -0.39 is 12.6 Å². The third-order valence-corrected chi connectivity index (χ3v) is 3.23. The highest BCUT2D eigenvalue weighted by Crippen LogP contribution is 2.25. The van der Waals surface area contributed by atoms with Gasteiger partial charge in [-0.15, -0.1) is 0 Å². The fraction of sp³-hybridized carbons (Fsp3) is 1.00. The van der Waals surface area contributed by atoms with E-state index in [-0.39, 0.29) is 36.6 Å². The van der Waals surface area contributed by atoms with Crippen molar-refractivity contribution in [3.05, 3.63) is 0 Å². The smallest absolute Gasteiger partial charge is 0.187 e. The van der Waals surface area contributed by atoms with Gasteiger partial charge >= 0.3 is 0 Å². The topological polar surface area (TPSA) is 55.4 Å². The van der Waals surface area contributed by atoms with Crippen molar-refractivity contribution in [3.8, 4) is 0 Å². The summed E-state index contributed by atoms with van der Waals surface area (Å²) in [5.41, 5.74) is 0. The van der Waals surface area contributed by atoms with Gasteiger partial charge in [0.15, 0.2) is 12.6 Å². The van der Waals surface area contributed by atoms with Crippen LogP contribution in [0.25, 0.3) is 0 Å². The molecule has 0 amide bonds. The Hall–Kier alpha value is -0.240. The molecule has 4 unspecified atom stereocenters. The molecule has 6 heteroatoms. The minimum absolute atomic E-state index is 0.0226. The van der Waals surface area contributed by atoms with Gasteiger partial charge in [-0.25, -0.2) is 0 Å². The van der Waals surface area contributed by atoms with Crippen molar-refractivity contribution in [2.45, 2.75) is 105 Å². The maximum absolute atomic E-state index is 6.13. The molecule has 0 spiro atoms. The van der Waals surface area contributed by atoms with E-state index in [0.717, 1.165) is 0 Å². The van der Waals surface area contributed by atoms with E-state index in [9.17, 15) is 0 Å². The van der Waals surface area contributed by atoms with Crippen molar-refractivity contribution in [1.29, 1.82) is 0 Å². The van der Waals surface area contributed by atoms with Crippen LogP contribution in [-0.2, 0) is 28.4 Å². The molecule has 1 rings (SSSR count). The molecule has 1 fully saturated rings. The zero-order valence-corrected chi connectivity index (χ0v) is 16.5. The molecular formula is C18H36O6. The summed E-state index contributed by atoms with van der Waals surface area (Å²) in [6.45, 7) is 16.6. The lowest BCUT2D eigenvalue weighted by molar-refractivity contribution is -0.370. The second-order valence-corrected chi connectivity index (χ2v) is 7.22. The molecular weight excluding hydrogens is 312 g/mol. The molecule has 1 aliphatic rings. The molecule has 6 nitrogen and oxygen atoms in total. The van der Waals surface area contributed by atoms with Crippen LogP contribution in [0.4, 0.5) is 0 Å². The first-order valence-electron chi connectivity index (χ1n) is 9.04. The average Bonchev–Trinajstić information content (AvgIpc) is 2.44. The lowest BCUT2D eigenvalue weighted by atomic mass is 10.2. The van der Waals surface area contributed by atoms with Gasteiger partial charge in [0.2, 0.25) is 0 Å². The molecule has 1 saturated heterocycles. The summed E-state index contributed by atoms with van der Waals surface area (Å²) in [6.07, 6.45) is -1.42. The SMILES string of the molecule is CC(C)OCC1OC(OC(C)C)C(COC(C)C)OC1OC(C)C. The third kappa shape index (κ3) is 8.23. The molecule has 0 bridgehead atoms. The molecule has 1 heterocycles. The minimum atomic E-state index is -0.503. The van der Waals surface area contributed by atoms with E-state index in [0.29, 0.717) is 13.2 Å². The molecule has 0 aromatic rings. The maximum Gasteiger partial charge on any atom is 0.187 e. The molecule has 0 radical (unpaired) electrons. The summed E-state index contributed by atoms with van der Waals surface area (Å²) < 4.78 is 35.5. The van der Waals surface area contributed by atoms with Crippen LogP contribution in [0.1, 0.15) is 55.4 Å². The Bertz CT molecular complexity index is 299. The average molecular weight is 348 g/mol. The van der Waals surface area contributed by atoms with Crippen LogP contribution in [-0.4, -0.2) is 62.4 Å². The first-order valence-corrected chi connectivity index (χ1v) is 9.04. The predicted molar refractivity (Wildman–Crippen MR) is 91.9 cm³/mol. The van der Waals surface area contributed by atoms with Crippen LogP contribution in [0.5, 0.6) is 0 Å². The number of ether oxygens (including phenoxy) is 6. The highest BCUT2D eigenvalue weighted by atomic mass is 16.8. The van der Waals surface area contributed by atoms with Crippen LogP contribution in [0, 0.1) is 0 Å².